The Hall–Kier alpha value is -4.50. The molecule has 0 unspecified atom stereocenters. The van der Waals surface area contributed by atoms with Crippen LogP contribution >= 0.6 is 0 Å². The van der Waals surface area contributed by atoms with E-state index in [1.807, 2.05) is 42.5 Å². The molecular formula is C26H21N3O5S. The van der Waals surface area contributed by atoms with Crippen molar-refractivity contribution in [2.45, 2.75) is 4.90 Å². The third-order valence-corrected chi connectivity index (χ3v) is 7.04. The van der Waals surface area contributed by atoms with Gasteiger partial charge in [0.05, 0.1) is 15.5 Å². The molecule has 0 heterocycles. The molecule has 4 rings (SSSR count). The summed E-state index contributed by atoms with van der Waals surface area (Å²) in [5, 5.41) is 13.8. The van der Waals surface area contributed by atoms with Crippen LogP contribution in [0.1, 0.15) is 0 Å². The van der Waals surface area contributed by atoms with Gasteiger partial charge in [-0.15, -0.1) is 0 Å². The number of nitro benzene ring substituents is 1. The molecule has 0 spiro atoms. The molecule has 4 aromatic rings. The molecule has 0 fully saturated rings. The van der Waals surface area contributed by atoms with E-state index in [0.29, 0.717) is 5.69 Å². The average Bonchev–Trinajstić information content (AvgIpc) is 2.88. The second kappa shape index (κ2) is 10.2. The van der Waals surface area contributed by atoms with E-state index in [0.717, 1.165) is 15.4 Å². The van der Waals surface area contributed by atoms with Gasteiger partial charge in [0.2, 0.25) is 5.91 Å². The van der Waals surface area contributed by atoms with Crippen LogP contribution in [0.3, 0.4) is 0 Å². The van der Waals surface area contributed by atoms with Crippen LogP contribution in [0.5, 0.6) is 0 Å². The van der Waals surface area contributed by atoms with Crippen LogP contribution < -0.4 is 9.62 Å². The number of nitrogens with one attached hydrogen (secondary N) is 1. The van der Waals surface area contributed by atoms with Crippen LogP contribution in [0.4, 0.5) is 17.1 Å². The SMILES string of the molecule is O=C(CN(c1ccc([N+](=O)[O-])cc1)S(=O)(=O)c1ccccc1)Nc1ccccc1-c1ccccc1. The van der Waals surface area contributed by atoms with Crippen molar-refractivity contribution in [3.63, 3.8) is 0 Å². The maximum atomic E-state index is 13.4. The summed E-state index contributed by atoms with van der Waals surface area (Å²) in [4.78, 5) is 23.6. The predicted octanol–water partition coefficient (Wildman–Crippen LogP) is 5.10. The highest BCUT2D eigenvalue weighted by atomic mass is 32.2. The van der Waals surface area contributed by atoms with Crippen LogP contribution in [0.15, 0.2) is 114 Å². The zero-order valence-corrected chi connectivity index (χ0v) is 19.3. The first-order valence-corrected chi connectivity index (χ1v) is 12.1. The number of para-hydroxylation sites is 1. The van der Waals surface area contributed by atoms with Crippen molar-refractivity contribution in [2.24, 2.45) is 0 Å². The van der Waals surface area contributed by atoms with E-state index in [1.54, 1.807) is 30.3 Å². The number of hydrogen-bond acceptors (Lipinski definition) is 5. The molecule has 0 saturated heterocycles. The molecule has 0 aliphatic rings. The number of carbonyl (C=O) groups is 1. The predicted molar refractivity (Wildman–Crippen MR) is 135 cm³/mol. The van der Waals surface area contributed by atoms with Gasteiger partial charge in [0.1, 0.15) is 6.54 Å². The molecule has 176 valence electrons. The quantitative estimate of drug-likeness (QED) is 0.275. The number of hydrogen-bond donors (Lipinski definition) is 1. The second-order valence-corrected chi connectivity index (χ2v) is 9.42. The van der Waals surface area contributed by atoms with Gasteiger partial charge < -0.3 is 5.32 Å². The summed E-state index contributed by atoms with van der Waals surface area (Å²) >= 11 is 0. The second-order valence-electron chi connectivity index (χ2n) is 7.56. The van der Waals surface area contributed by atoms with Gasteiger partial charge >= 0.3 is 0 Å². The minimum atomic E-state index is -4.13. The largest absolute Gasteiger partial charge is 0.324 e. The lowest BCUT2D eigenvalue weighted by Crippen LogP contribution is -2.38. The molecule has 0 radical (unpaired) electrons. The van der Waals surface area contributed by atoms with Gasteiger partial charge in [-0.1, -0.05) is 66.7 Å². The fourth-order valence-electron chi connectivity index (χ4n) is 3.56. The number of carbonyl (C=O) groups excluding carboxylic acids is 1. The summed E-state index contributed by atoms with van der Waals surface area (Å²) in [7, 11) is -4.13. The Labute approximate surface area is 202 Å². The molecule has 0 aliphatic carbocycles. The molecule has 9 heteroatoms. The van der Waals surface area contributed by atoms with Crippen molar-refractivity contribution >= 4 is 33.0 Å². The first-order chi connectivity index (χ1) is 16.9. The third kappa shape index (κ3) is 5.36. The molecule has 1 N–H and O–H groups in total. The summed E-state index contributed by atoms with van der Waals surface area (Å²) in [5.74, 6) is -0.564. The Bertz CT molecular complexity index is 1440. The summed E-state index contributed by atoms with van der Waals surface area (Å²) < 4.78 is 27.8. The Kier molecular flexibility index (Phi) is 6.88. The van der Waals surface area contributed by atoms with Crippen LogP contribution in [0.2, 0.25) is 0 Å². The molecule has 0 atom stereocenters. The first kappa shape index (κ1) is 23.7. The highest BCUT2D eigenvalue weighted by Gasteiger charge is 2.27. The third-order valence-electron chi connectivity index (χ3n) is 5.25. The minimum absolute atomic E-state index is 0.00385. The number of nitrogens with zero attached hydrogens (tertiary/aromatic N) is 2. The summed E-state index contributed by atoms with van der Waals surface area (Å²) in [6.07, 6.45) is 0. The first-order valence-electron chi connectivity index (χ1n) is 10.6. The van der Waals surface area contributed by atoms with E-state index in [9.17, 15) is 23.3 Å². The van der Waals surface area contributed by atoms with Gasteiger partial charge in [0, 0.05) is 23.4 Å². The van der Waals surface area contributed by atoms with Gasteiger partial charge in [-0.05, 0) is 35.9 Å². The normalized spacial score (nSPS) is 11.0. The molecule has 0 aliphatic heterocycles. The Balaban J connectivity index is 1.67. The van der Waals surface area contributed by atoms with Gasteiger partial charge in [-0.2, -0.15) is 0 Å². The van der Waals surface area contributed by atoms with E-state index in [1.165, 1.54) is 36.4 Å². The van der Waals surface area contributed by atoms with E-state index in [4.69, 9.17) is 0 Å². The van der Waals surface area contributed by atoms with Crippen LogP contribution in [-0.4, -0.2) is 25.8 Å². The van der Waals surface area contributed by atoms with E-state index >= 15 is 0 Å². The number of nitro groups is 1. The average molecular weight is 488 g/mol. The maximum absolute atomic E-state index is 13.4. The van der Waals surface area contributed by atoms with Gasteiger partial charge in [0.25, 0.3) is 15.7 Å². The number of non-ortho nitro benzene ring substituents is 1. The van der Waals surface area contributed by atoms with Gasteiger partial charge in [-0.25, -0.2) is 8.42 Å². The standard InChI is InChI=1S/C26H21N3O5S/c30-26(27-25-14-8-7-13-24(25)20-9-3-1-4-10-20)19-28(21-15-17-22(18-16-21)29(31)32)35(33,34)23-11-5-2-6-12-23/h1-18H,19H2,(H,27,30). The Morgan fingerprint density at radius 2 is 1.37 bits per heavy atom. The topological polar surface area (TPSA) is 110 Å². The number of benzene rings is 4. The number of sulfonamides is 1. The lowest BCUT2D eigenvalue weighted by Gasteiger charge is -2.24. The van der Waals surface area contributed by atoms with E-state index < -0.39 is 27.4 Å². The highest BCUT2D eigenvalue weighted by Crippen LogP contribution is 2.29. The molecule has 0 saturated carbocycles. The van der Waals surface area contributed by atoms with Crippen molar-refractivity contribution in [3.05, 3.63) is 119 Å². The fourth-order valence-corrected chi connectivity index (χ4v) is 5.00. The lowest BCUT2D eigenvalue weighted by atomic mass is 10.0. The maximum Gasteiger partial charge on any atom is 0.269 e. The molecular weight excluding hydrogens is 466 g/mol. The summed E-state index contributed by atoms with van der Waals surface area (Å²) in [6.45, 7) is -0.530. The van der Waals surface area contributed by atoms with E-state index in [2.05, 4.69) is 5.32 Å². The molecule has 1 amide bonds. The molecule has 0 bridgehead atoms. The zero-order valence-electron chi connectivity index (χ0n) is 18.4. The lowest BCUT2D eigenvalue weighted by molar-refractivity contribution is -0.384. The van der Waals surface area contributed by atoms with Crippen LogP contribution in [-0.2, 0) is 14.8 Å². The Morgan fingerprint density at radius 3 is 2.00 bits per heavy atom. The molecule has 0 aromatic heterocycles. The van der Waals surface area contributed by atoms with Gasteiger partial charge in [0.15, 0.2) is 0 Å². The Morgan fingerprint density at radius 1 is 0.800 bits per heavy atom. The van der Waals surface area contributed by atoms with Crippen LogP contribution in [0.25, 0.3) is 11.1 Å². The summed E-state index contributed by atoms with van der Waals surface area (Å²) in [5.41, 5.74) is 2.16. The molecule has 35 heavy (non-hydrogen) atoms. The van der Waals surface area contributed by atoms with Gasteiger partial charge in [-0.3, -0.25) is 19.2 Å². The van der Waals surface area contributed by atoms with E-state index in [-0.39, 0.29) is 16.3 Å². The zero-order chi connectivity index (χ0) is 24.8. The van der Waals surface area contributed by atoms with Crippen molar-refractivity contribution in [2.75, 3.05) is 16.2 Å². The minimum Gasteiger partial charge on any atom is -0.324 e. The molecule has 4 aromatic carbocycles. The number of rotatable bonds is 8. The van der Waals surface area contributed by atoms with Crippen molar-refractivity contribution in [1.29, 1.82) is 0 Å². The smallest absolute Gasteiger partial charge is 0.269 e. The monoisotopic (exact) mass is 487 g/mol. The van der Waals surface area contributed by atoms with Crippen molar-refractivity contribution < 1.29 is 18.1 Å². The van der Waals surface area contributed by atoms with Crippen LogP contribution in [0, 0.1) is 10.1 Å². The summed E-state index contributed by atoms with van der Waals surface area (Å²) in [6, 6.07) is 29.4. The fraction of sp³-hybridized carbons (Fsp3) is 0.0385. The molecule has 8 nitrogen and oxygen atoms in total. The number of anilines is 2. The van der Waals surface area contributed by atoms with Crippen molar-refractivity contribution in [3.8, 4) is 11.1 Å². The number of amides is 1. The van der Waals surface area contributed by atoms with Crippen molar-refractivity contribution in [1.82, 2.24) is 0 Å². The highest BCUT2D eigenvalue weighted by molar-refractivity contribution is 7.92.